The van der Waals surface area contributed by atoms with Crippen LogP contribution in [0.2, 0.25) is 0 Å². The van der Waals surface area contributed by atoms with Gasteiger partial charge in [-0.3, -0.25) is 0 Å². The number of fused-ring (bicyclic) bond motifs is 1. The average Bonchev–Trinajstić information content (AvgIpc) is 2.80. The molecule has 3 aromatic rings. The summed E-state index contributed by atoms with van der Waals surface area (Å²) < 4.78 is 5.73. The molecule has 1 atom stereocenters. The van der Waals surface area contributed by atoms with Gasteiger partial charge in [0.1, 0.15) is 17.4 Å². The molecular weight excluding hydrogens is 236 g/mol. The van der Waals surface area contributed by atoms with Crippen LogP contribution in [0.3, 0.4) is 0 Å². The first-order valence-corrected chi connectivity index (χ1v) is 6.38. The summed E-state index contributed by atoms with van der Waals surface area (Å²) in [7, 11) is 0. The minimum absolute atomic E-state index is 0.589. The van der Waals surface area contributed by atoms with Crippen molar-refractivity contribution in [1.29, 1.82) is 0 Å². The van der Waals surface area contributed by atoms with Crippen molar-refractivity contribution >= 4 is 11.0 Å². The molecule has 0 fully saturated rings. The molecule has 0 spiro atoms. The fourth-order valence-corrected chi connectivity index (χ4v) is 2.32. The van der Waals surface area contributed by atoms with Crippen LogP contribution < -0.4 is 0 Å². The molecule has 2 aromatic carbocycles. The lowest BCUT2D eigenvalue weighted by atomic mass is 10.0. The van der Waals surface area contributed by atoms with E-state index in [2.05, 4.69) is 6.07 Å². The molecule has 1 heterocycles. The van der Waals surface area contributed by atoms with E-state index in [0.29, 0.717) is 5.76 Å². The zero-order valence-corrected chi connectivity index (χ0v) is 11.1. The van der Waals surface area contributed by atoms with Gasteiger partial charge in [-0.1, -0.05) is 41.5 Å². The maximum atomic E-state index is 10.4. The smallest absolute Gasteiger partial charge is 0.138 e. The molecule has 0 saturated heterocycles. The molecule has 0 radical (unpaired) electrons. The number of furan rings is 1. The van der Waals surface area contributed by atoms with Crippen LogP contribution in [-0.4, -0.2) is 5.11 Å². The number of hydrogen-bond acceptors (Lipinski definition) is 2. The molecule has 1 unspecified atom stereocenters. The van der Waals surface area contributed by atoms with E-state index < -0.39 is 6.10 Å². The van der Waals surface area contributed by atoms with E-state index in [9.17, 15) is 5.11 Å². The SMILES string of the molecule is Cc1cccc(C(O)c2cc3cc(C)ccc3o2)c1. The molecule has 0 saturated carbocycles. The molecule has 0 aliphatic heterocycles. The van der Waals surface area contributed by atoms with Gasteiger partial charge in [0.2, 0.25) is 0 Å². The Morgan fingerprint density at radius 2 is 1.74 bits per heavy atom. The molecule has 19 heavy (non-hydrogen) atoms. The van der Waals surface area contributed by atoms with Crippen molar-refractivity contribution < 1.29 is 9.52 Å². The predicted octanol–water partition coefficient (Wildman–Crippen LogP) is 4.13. The Bertz CT molecular complexity index is 725. The highest BCUT2D eigenvalue weighted by Crippen LogP contribution is 2.29. The van der Waals surface area contributed by atoms with Crippen LogP contribution in [0.4, 0.5) is 0 Å². The summed E-state index contributed by atoms with van der Waals surface area (Å²) in [4.78, 5) is 0. The van der Waals surface area contributed by atoms with Gasteiger partial charge >= 0.3 is 0 Å². The third-order valence-electron chi connectivity index (χ3n) is 3.32. The Balaban J connectivity index is 2.04. The summed E-state index contributed by atoms with van der Waals surface area (Å²) in [6.45, 7) is 4.06. The van der Waals surface area contributed by atoms with Crippen LogP contribution in [0.25, 0.3) is 11.0 Å². The van der Waals surface area contributed by atoms with Crippen LogP contribution in [0.15, 0.2) is 52.9 Å². The summed E-state index contributed by atoms with van der Waals surface area (Å²) in [5.74, 6) is 0.589. The number of rotatable bonds is 2. The summed E-state index contributed by atoms with van der Waals surface area (Å²) in [6.07, 6.45) is -0.715. The topological polar surface area (TPSA) is 33.4 Å². The standard InChI is InChI=1S/C17H16O2/c1-11-4-3-5-13(8-11)17(18)16-10-14-9-12(2)6-7-15(14)19-16/h3-10,17-18H,1-2H3. The van der Waals surface area contributed by atoms with Gasteiger partial charge < -0.3 is 9.52 Å². The van der Waals surface area contributed by atoms with Crippen LogP contribution >= 0.6 is 0 Å². The van der Waals surface area contributed by atoms with Crippen molar-refractivity contribution in [3.05, 3.63) is 71.0 Å². The number of aliphatic hydroxyl groups excluding tert-OH is 1. The van der Waals surface area contributed by atoms with E-state index in [1.54, 1.807) is 0 Å². The minimum Gasteiger partial charge on any atom is -0.458 e. The summed E-state index contributed by atoms with van der Waals surface area (Å²) in [5, 5.41) is 11.4. The number of aliphatic hydroxyl groups is 1. The van der Waals surface area contributed by atoms with Crippen LogP contribution in [0.5, 0.6) is 0 Å². The van der Waals surface area contributed by atoms with Crippen LogP contribution in [-0.2, 0) is 0 Å². The lowest BCUT2D eigenvalue weighted by Crippen LogP contribution is -1.97. The third-order valence-corrected chi connectivity index (χ3v) is 3.32. The van der Waals surface area contributed by atoms with E-state index in [1.807, 2.05) is 56.3 Å². The van der Waals surface area contributed by atoms with E-state index >= 15 is 0 Å². The van der Waals surface area contributed by atoms with Crippen molar-refractivity contribution in [3.8, 4) is 0 Å². The monoisotopic (exact) mass is 252 g/mol. The van der Waals surface area contributed by atoms with Gasteiger partial charge in [-0.15, -0.1) is 0 Å². The average molecular weight is 252 g/mol. The molecule has 2 nitrogen and oxygen atoms in total. The molecule has 0 amide bonds. The van der Waals surface area contributed by atoms with Crippen LogP contribution in [0.1, 0.15) is 28.6 Å². The van der Waals surface area contributed by atoms with E-state index in [1.165, 1.54) is 5.56 Å². The Morgan fingerprint density at radius 3 is 2.53 bits per heavy atom. The molecule has 0 aliphatic carbocycles. The normalized spacial score (nSPS) is 12.8. The zero-order valence-electron chi connectivity index (χ0n) is 11.1. The highest BCUT2D eigenvalue weighted by atomic mass is 16.4. The first kappa shape index (κ1) is 12.0. The number of benzene rings is 2. The first-order valence-electron chi connectivity index (χ1n) is 6.38. The largest absolute Gasteiger partial charge is 0.458 e. The molecule has 0 aliphatic rings. The fourth-order valence-electron chi connectivity index (χ4n) is 2.32. The Morgan fingerprint density at radius 1 is 0.947 bits per heavy atom. The Labute approximate surface area is 112 Å². The number of hydrogen-bond donors (Lipinski definition) is 1. The van der Waals surface area contributed by atoms with Crippen molar-refractivity contribution in [1.82, 2.24) is 0 Å². The summed E-state index contributed by atoms with van der Waals surface area (Å²) in [5.41, 5.74) is 3.98. The molecular formula is C17H16O2. The zero-order chi connectivity index (χ0) is 13.4. The summed E-state index contributed by atoms with van der Waals surface area (Å²) >= 11 is 0. The van der Waals surface area contributed by atoms with Crippen molar-refractivity contribution in [3.63, 3.8) is 0 Å². The lowest BCUT2D eigenvalue weighted by molar-refractivity contribution is 0.192. The quantitative estimate of drug-likeness (QED) is 0.744. The van der Waals surface area contributed by atoms with Gasteiger partial charge in [-0.25, -0.2) is 0 Å². The maximum absolute atomic E-state index is 10.4. The first-order chi connectivity index (χ1) is 9.13. The third kappa shape index (κ3) is 2.27. The van der Waals surface area contributed by atoms with E-state index in [-0.39, 0.29) is 0 Å². The molecule has 96 valence electrons. The summed E-state index contributed by atoms with van der Waals surface area (Å²) in [6, 6.07) is 15.8. The van der Waals surface area contributed by atoms with Crippen molar-refractivity contribution in [2.75, 3.05) is 0 Å². The Hall–Kier alpha value is -2.06. The van der Waals surface area contributed by atoms with Gasteiger partial charge in [-0.2, -0.15) is 0 Å². The second-order valence-electron chi connectivity index (χ2n) is 5.01. The van der Waals surface area contributed by atoms with Crippen molar-refractivity contribution in [2.24, 2.45) is 0 Å². The number of aryl methyl sites for hydroxylation is 2. The second kappa shape index (κ2) is 4.56. The Kier molecular flexibility index (Phi) is 2.88. The maximum Gasteiger partial charge on any atom is 0.138 e. The highest BCUT2D eigenvalue weighted by molar-refractivity contribution is 5.78. The van der Waals surface area contributed by atoms with Gasteiger partial charge in [0.05, 0.1) is 0 Å². The van der Waals surface area contributed by atoms with E-state index in [0.717, 1.165) is 22.1 Å². The minimum atomic E-state index is -0.715. The molecule has 1 aromatic heterocycles. The van der Waals surface area contributed by atoms with Gasteiger partial charge in [0.25, 0.3) is 0 Å². The predicted molar refractivity (Wildman–Crippen MR) is 76.2 cm³/mol. The molecule has 0 bridgehead atoms. The van der Waals surface area contributed by atoms with Gasteiger partial charge in [0, 0.05) is 5.39 Å². The molecule has 2 heteroatoms. The van der Waals surface area contributed by atoms with Crippen molar-refractivity contribution in [2.45, 2.75) is 20.0 Å². The lowest BCUT2D eigenvalue weighted by Gasteiger charge is -2.08. The van der Waals surface area contributed by atoms with Crippen LogP contribution in [0, 0.1) is 13.8 Å². The highest BCUT2D eigenvalue weighted by Gasteiger charge is 2.15. The van der Waals surface area contributed by atoms with Gasteiger partial charge in [-0.05, 0) is 37.6 Å². The van der Waals surface area contributed by atoms with Gasteiger partial charge in [0.15, 0.2) is 0 Å². The fraction of sp³-hybridized carbons (Fsp3) is 0.176. The molecule has 1 N–H and O–H groups in total. The molecule has 3 rings (SSSR count). The van der Waals surface area contributed by atoms with E-state index in [4.69, 9.17) is 4.42 Å². The second-order valence-corrected chi connectivity index (χ2v) is 5.01.